The summed E-state index contributed by atoms with van der Waals surface area (Å²) in [6.45, 7) is 5.22. The lowest BCUT2D eigenvalue weighted by molar-refractivity contribution is 0.0916. The minimum Gasteiger partial charge on any atom is -0.382 e. The van der Waals surface area contributed by atoms with Gasteiger partial charge in [-0.3, -0.25) is 4.79 Å². The summed E-state index contributed by atoms with van der Waals surface area (Å²) < 4.78 is 0. The fraction of sp³-hybridized carbons (Fsp3) is 0.667. The van der Waals surface area contributed by atoms with Gasteiger partial charge in [-0.25, -0.2) is 9.97 Å². The van der Waals surface area contributed by atoms with Crippen molar-refractivity contribution in [1.82, 2.24) is 15.3 Å². The van der Waals surface area contributed by atoms with Gasteiger partial charge in [0.05, 0.1) is 12.4 Å². The Bertz CT molecular complexity index is 449. The molecule has 110 valence electrons. The Morgan fingerprint density at radius 3 is 2.60 bits per heavy atom. The van der Waals surface area contributed by atoms with Crippen LogP contribution in [0.25, 0.3) is 0 Å². The maximum absolute atomic E-state index is 12.1. The molecule has 0 aromatic carbocycles. The van der Waals surface area contributed by atoms with Crippen LogP contribution in [-0.2, 0) is 0 Å². The van der Waals surface area contributed by atoms with Crippen molar-refractivity contribution in [1.29, 1.82) is 0 Å². The Labute approximate surface area is 120 Å². The molecule has 0 bridgehead atoms. The van der Waals surface area contributed by atoms with Crippen LogP contribution in [-0.4, -0.2) is 22.4 Å². The molecular weight excluding hydrogens is 252 g/mol. The summed E-state index contributed by atoms with van der Waals surface area (Å²) in [5.74, 6) is 0.822. The number of anilines is 1. The summed E-state index contributed by atoms with van der Waals surface area (Å²) in [7, 11) is 0. The van der Waals surface area contributed by atoms with Crippen molar-refractivity contribution < 1.29 is 4.79 Å². The highest BCUT2D eigenvalue weighted by molar-refractivity contribution is 5.92. The van der Waals surface area contributed by atoms with E-state index in [2.05, 4.69) is 29.1 Å². The quantitative estimate of drug-likeness (QED) is 0.865. The number of nitrogens with zero attached hydrogens (tertiary/aromatic N) is 2. The Balaban J connectivity index is 1.95. The van der Waals surface area contributed by atoms with Crippen molar-refractivity contribution in [3.63, 3.8) is 0 Å². The average Bonchev–Trinajstić information content (AvgIpc) is 2.85. The zero-order valence-corrected chi connectivity index (χ0v) is 12.4. The summed E-state index contributed by atoms with van der Waals surface area (Å²) >= 11 is 0. The van der Waals surface area contributed by atoms with Gasteiger partial charge in [-0.05, 0) is 30.6 Å². The third kappa shape index (κ3) is 3.68. The summed E-state index contributed by atoms with van der Waals surface area (Å²) in [5, 5.41) is 3.02. The molecule has 5 nitrogen and oxygen atoms in total. The molecule has 1 fully saturated rings. The number of hydrogen-bond acceptors (Lipinski definition) is 4. The maximum atomic E-state index is 12.1. The standard InChI is InChI=1S/C15H24N4O/c1-11(2)7-15(5-3-4-6-15)10-19-14(20)12-8-18-13(16)9-17-12/h8-9,11H,3-7,10H2,1-2H3,(H2,16,18)(H,19,20). The summed E-state index contributed by atoms with van der Waals surface area (Å²) in [5.41, 5.74) is 6.07. The lowest BCUT2D eigenvalue weighted by Gasteiger charge is -2.31. The molecule has 1 aromatic heterocycles. The van der Waals surface area contributed by atoms with Crippen molar-refractivity contribution in [3.05, 3.63) is 18.1 Å². The third-order valence-electron chi connectivity index (χ3n) is 4.03. The third-order valence-corrected chi connectivity index (χ3v) is 4.03. The van der Waals surface area contributed by atoms with Gasteiger partial charge in [-0.15, -0.1) is 0 Å². The minimum absolute atomic E-state index is 0.160. The van der Waals surface area contributed by atoms with E-state index in [4.69, 9.17) is 5.73 Å². The van der Waals surface area contributed by atoms with Crippen LogP contribution in [0.15, 0.2) is 12.4 Å². The molecule has 0 saturated heterocycles. The largest absolute Gasteiger partial charge is 0.382 e. The Morgan fingerprint density at radius 2 is 2.05 bits per heavy atom. The van der Waals surface area contributed by atoms with E-state index < -0.39 is 0 Å². The van der Waals surface area contributed by atoms with E-state index in [1.165, 1.54) is 44.5 Å². The number of hydrogen-bond donors (Lipinski definition) is 2. The zero-order chi connectivity index (χ0) is 14.6. The number of rotatable bonds is 5. The van der Waals surface area contributed by atoms with E-state index in [0.29, 0.717) is 17.4 Å². The highest BCUT2D eigenvalue weighted by Crippen LogP contribution is 2.42. The number of amides is 1. The first-order valence-electron chi connectivity index (χ1n) is 7.36. The van der Waals surface area contributed by atoms with Crippen LogP contribution in [0.5, 0.6) is 0 Å². The SMILES string of the molecule is CC(C)CC1(CNC(=O)c2cnc(N)cn2)CCCC1. The van der Waals surface area contributed by atoms with Crippen molar-refractivity contribution in [2.75, 3.05) is 12.3 Å². The lowest BCUT2D eigenvalue weighted by Crippen LogP contribution is -2.37. The number of nitrogens with one attached hydrogen (secondary N) is 1. The van der Waals surface area contributed by atoms with E-state index in [1.807, 2.05) is 0 Å². The van der Waals surface area contributed by atoms with Gasteiger partial charge in [-0.2, -0.15) is 0 Å². The molecule has 1 heterocycles. The molecule has 1 aromatic rings. The van der Waals surface area contributed by atoms with Crippen molar-refractivity contribution in [3.8, 4) is 0 Å². The number of nitrogen functional groups attached to an aromatic ring is 1. The second-order valence-electron chi connectivity index (χ2n) is 6.31. The summed E-state index contributed by atoms with van der Waals surface area (Å²) in [6, 6.07) is 0. The van der Waals surface area contributed by atoms with E-state index in [-0.39, 0.29) is 11.3 Å². The van der Waals surface area contributed by atoms with Crippen LogP contribution in [0.2, 0.25) is 0 Å². The van der Waals surface area contributed by atoms with Gasteiger partial charge >= 0.3 is 0 Å². The maximum Gasteiger partial charge on any atom is 0.271 e. The fourth-order valence-corrected chi connectivity index (χ4v) is 3.26. The van der Waals surface area contributed by atoms with Crippen LogP contribution in [0.3, 0.4) is 0 Å². The predicted molar refractivity (Wildman–Crippen MR) is 79.1 cm³/mol. The minimum atomic E-state index is -0.160. The molecular formula is C15H24N4O. The zero-order valence-electron chi connectivity index (χ0n) is 12.4. The van der Waals surface area contributed by atoms with Crippen LogP contribution >= 0.6 is 0 Å². The first-order valence-corrected chi connectivity index (χ1v) is 7.36. The molecule has 1 aliphatic rings. The van der Waals surface area contributed by atoms with Crippen LogP contribution in [0.1, 0.15) is 56.4 Å². The highest BCUT2D eigenvalue weighted by Gasteiger charge is 2.34. The van der Waals surface area contributed by atoms with Crippen molar-refractivity contribution in [2.45, 2.75) is 46.0 Å². The Hall–Kier alpha value is -1.65. The number of carbonyl (C=O) groups excluding carboxylic acids is 1. The van der Waals surface area contributed by atoms with E-state index >= 15 is 0 Å². The lowest BCUT2D eigenvalue weighted by atomic mass is 9.78. The molecule has 0 radical (unpaired) electrons. The van der Waals surface area contributed by atoms with Gasteiger partial charge in [0.2, 0.25) is 0 Å². The van der Waals surface area contributed by atoms with Gasteiger partial charge in [0, 0.05) is 6.54 Å². The molecule has 1 aliphatic carbocycles. The molecule has 1 amide bonds. The molecule has 2 rings (SSSR count). The van der Waals surface area contributed by atoms with Gasteiger partial charge < -0.3 is 11.1 Å². The smallest absolute Gasteiger partial charge is 0.271 e. The first-order chi connectivity index (χ1) is 9.51. The molecule has 0 unspecified atom stereocenters. The number of carbonyl (C=O) groups is 1. The summed E-state index contributed by atoms with van der Waals surface area (Å²) in [6.07, 6.45) is 8.95. The van der Waals surface area contributed by atoms with Gasteiger partial charge in [-0.1, -0.05) is 26.7 Å². The second-order valence-corrected chi connectivity index (χ2v) is 6.31. The average molecular weight is 276 g/mol. The van der Waals surface area contributed by atoms with E-state index in [0.717, 1.165) is 6.54 Å². The number of nitrogens with two attached hydrogens (primary N) is 1. The van der Waals surface area contributed by atoms with Gasteiger partial charge in [0.15, 0.2) is 0 Å². The molecule has 0 spiro atoms. The molecule has 5 heteroatoms. The second kappa shape index (κ2) is 6.20. The summed E-state index contributed by atoms with van der Waals surface area (Å²) in [4.78, 5) is 20.0. The van der Waals surface area contributed by atoms with Crippen molar-refractivity contribution in [2.24, 2.45) is 11.3 Å². The predicted octanol–water partition coefficient (Wildman–Crippen LogP) is 2.40. The van der Waals surface area contributed by atoms with Gasteiger partial charge in [0.1, 0.15) is 11.5 Å². The van der Waals surface area contributed by atoms with Crippen LogP contribution < -0.4 is 11.1 Å². The normalized spacial score (nSPS) is 17.4. The molecule has 1 saturated carbocycles. The Morgan fingerprint density at radius 1 is 1.35 bits per heavy atom. The molecule has 0 aliphatic heterocycles. The molecule has 20 heavy (non-hydrogen) atoms. The van der Waals surface area contributed by atoms with E-state index in [1.54, 1.807) is 0 Å². The highest BCUT2D eigenvalue weighted by atomic mass is 16.1. The topological polar surface area (TPSA) is 80.9 Å². The first kappa shape index (κ1) is 14.8. The monoisotopic (exact) mass is 276 g/mol. The number of aromatic nitrogens is 2. The fourth-order valence-electron chi connectivity index (χ4n) is 3.26. The van der Waals surface area contributed by atoms with Crippen LogP contribution in [0.4, 0.5) is 5.82 Å². The molecule has 3 N–H and O–H groups in total. The Kier molecular flexibility index (Phi) is 4.57. The van der Waals surface area contributed by atoms with Crippen LogP contribution in [0, 0.1) is 11.3 Å². The van der Waals surface area contributed by atoms with Gasteiger partial charge in [0.25, 0.3) is 5.91 Å². The molecule has 0 atom stereocenters. The van der Waals surface area contributed by atoms with Crippen molar-refractivity contribution >= 4 is 11.7 Å². The van der Waals surface area contributed by atoms with E-state index in [9.17, 15) is 4.79 Å².